The number of nitrogens with zero attached hydrogens (tertiary/aromatic N) is 5. The fraction of sp³-hybridized carbons (Fsp3) is 0.423. The first-order valence-electron chi connectivity index (χ1n) is 12.7. The Morgan fingerprint density at radius 1 is 0.694 bits per heavy atom. The molecule has 2 aliphatic heterocycles. The maximum atomic E-state index is 13.0. The number of para-hydroxylation sites is 2. The molecule has 3 heterocycles. The molecule has 0 amide bonds. The Bertz CT molecular complexity index is 1250. The van der Waals surface area contributed by atoms with Crippen LogP contribution in [0.15, 0.2) is 53.4 Å². The highest BCUT2D eigenvalue weighted by atomic mass is 32.2. The molecule has 0 spiro atoms. The van der Waals surface area contributed by atoms with Gasteiger partial charge in [0.05, 0.1) is 16.3 Å². The van der Waals surface area contributed by atoms with Crippen LogP contribution in [-0.4, -0.2) is 49.5 Å². The van der Waals surface area contributed by atoms with Gasteiger partial charge in [-0.3, -0.25) is 4.72 Å². The predicted molar refractivity (Wildman–Crippen MR) is 144 cm³/mol. The minimum absolute atomic E-state index is 0.211. The van der Waals surface area contributed by atoms with Gasteiger partial charge >= 0.3 is 0 Å². The number of hydrogen-bond acceptors (Lipinski definition) is 8. The van der Waals surface area contributed by atoms with Gasteiger partial charge < -0.3 is 15.1 Å². The van der Waals surface area contributed by atoms with Crippen LogP contribution in [0.1, 0.15) is 44.1 Å². The minimum atomic E-state index is -3.76. The zero-order valence-electron chi connectivity index (χ0n) is 20.7. The smallest absolute Gasteiger partial charge is 0.261 e. The normalized spacial score (nSPS) is 16.6. The second kappa shape index (κ2) is 10.7. The predicted octanol–water partition coefficient (Wildman–Crippen LogP) is 4.71. The molecule has 190 valence electrons. The fourth-order valence-electron chi connectivity index (χ4n) is 4.60. The molecule has 5 rings (SSSR count). The molecule has 10 heteroatoms. The average Bonchev–Trinajstić information content (AvgIpc) is 2.91. The number of piperidine rings is 2. The molecule has 2 fully saturated rings. The third-order valence-electron chi connectivity index (χ3n) is 6.64. The second-order valence-corrected chi connectivity index (χ2v) is 11.1. The standard InChI is InChI=1S/C26H33N7O2S/c1-20-12-14-21(15-13-20)36(34,35)31-23-11-5-4-10-22(23)27-24-28-25(32-16-6-2-7-17-32)30-26(29-24)33-18-8-3-9-19-33/h4-5,10-15,31H,2-3,6-9,16-19H2,1H3,(H,27,28,29,30). The van der Waals surface area contributed by atoms with Crippen LogP contribution < -0.4 is 19.8 Å². The van der Waals surface area contributed by atoms with E-state index in [9.17, 15) is 8.42 Å². The van der Waals surface area contributed by atoms with Crippen molar-refractivity contribution in [2.45, 2.75) is 50.3 Å². The molecule has 2 saturated heterocycles. The molecule has 0 unspecified atom stereocenters. The molecular weight excluding hydrogens is 474 g/mol. The highest BCUT2D eigenvalue weighted by Gasteiger charge is 2.21. The molecule has 2 aliphatic rings. The first-order valence-corrected chi connectivity index (χ1v) is 14.2. The maximum absolute atomic E-state index is 13.0. The molecule has 0 saturated carbocycles. The maximum Gasteiger partial charge on any atom is 0.261 e. The number of hydrogen-bond donors (Lipinski definition) is 2. The van der Waals surface area contributed by atoms with E-state index in [2.05, 4.69) is 19.8 Å². The molecular formula is C26H33N7O2S. The van der Waals surface area contributed by atoms with Gasteiger partial charge in [-0.25, -0.2) is 8.42 Å². The third-order valence-corrected chi connectivity index (χ3v) is 8.02. The highest BCUT2D eigenvalue weighted by molar-refractivity contribution is 7.92. The van der Waals surface area contributed by atoms with E-state index in [4.69, 9.17) is 15.0 Å². The quantitative estimate of drug-likeness (QED) is 0.474. The first-order chi connectivity index (χ1) is 17.5. The van der Waals surface area contributed by atoms with Gasteiger partial charge in [0.2, 0.25) is 17.8 Å². The molecule has 0 radical (unpaired) electrons. The summed E-state index contributed by atoms with van der Waals surface area (Å²) in [5.74, 6) is 1.75. The molecule has 36 heavy (non-hydrogen) atoms. The Labute approximate surface area is 213 Å². The summed E-state index contributed by atoms with van der Waals surface area (Å²) in [6, 6.07) is 14.0. The van der Waals surface area contributed by atoms with E-state index in [0.29, 0.717) is 29.2 Å². The Hall–Kier alpha value is -3.40. The van der Waals surface area contributed by atoms with Crippen molar-refractivity contribution < 1.29 is 8.42 Å². The summed E-state index contributed by atoms with van der Waals surface area (Å²) in [4.78, 5) is 19.0. The summed E-state index contributed by atoms with van der Waals surface area (Å²) in [5.41, 5.74) is 2.01. The topological polar surface area (TPSA) is 103 Å². The lowest BCUT2D eigenvalue weighted by Crippen LogP contribution is -2.34. The number of benzene rings is 2. The largest absolute Gasteiger partial charge is 0.341 e. The highest BCUT2D eigenvalue weighted by Crippen LogP contribution is 2.29. The SMILES string of the molecule is Cc1ccc(S(=O)(=O)Nc2ccccc2Nc2nc(N3CCCCC3)nc(N3CCCCC3)n2)cc1. The summed E-state index contributed by atoms with van der Waals surface area (Å²) >= 11 is 0. The lowest BCUT2D eigenvalue weighted by atomic mass is 10.1. The van der Waals surface area contributed by atoms with Crippen molar-refractivity contribution in [3.05, 3.63) is 54.1 Å². The van der Waals surface area contributed by atoms with E-state index in [1.165, 1.54) is 12.8 Å². The number of sulfonamides is 1. The van der Waals surface area contributed by atoms with Crippen molar-refractivity contribution in [2.24, 2.45) is 0 Å². The van der Waals surface area contributed by atoms with Crippen molar-refractivity contribution in [1.29, 1.82) is 0 Å². The van der Waals surface area contributed by atoms with Gasteiger partial charge in [0.25, 0.3) is 10.0 Å². The average molecular weight is 508 g/mol. The minimum Gasteiger partial charge on any atom is -0.341 e. The van der Waals surface area contributed by atoms with Gasteiger partial charge in [-0.05, 0) is 69.7 Å². The fourth-order valence-corrected chi connectivity index (χ4v) is 5.68. The number of anilines is 5. The van der Waals surface area contributed by atoms with Gasteiger partial charge in [0, 0.05) is 26.2 Å². The molecule has 0 bridgehead atoms. The Kier molecular flexibility index (Phi) is 7.22. The van der Waals surface area contributed by atoms with Crippen LogP contribution in [0.25, 0.3) is 0 Å². The van der Waals surface area contributed by atoms with Crippen LogP contribution in [0.5, 0.6) is 0 Å². The Morgan fingerprint density at radius 2 is 1.22 bits per heavy atom. The van der Waals surface area contributed by atoms with E-state index >= 15 is 0 Å². The monoisotopic (exact) mass is 507 g/mol. The Morgan fingerprint density at radius 3 is 1.78 bits per heavy atom. The van der Waals surface area contributed by atoms with E-state index in [1.807, 2.05) is 19.1 Å². The summed E-state index contributed by atoms with van der Waals surface area (Å²) in [7, 11) is -3.76. The molecule has 3 aromatic rings. The number of rotatable bonds is 7. The molecule has 2 aromatic carbocycles. The van der Waals surface area contributed by atoms with Crippen LogP contribution in [0, 0.1) is 6.92 Å². The van der Waals surface area contributed by atoms with Crippen LogP contribution in [0.2, 0.25) is 0 Å². The van der Waals surface area contributed by atoms with Crippen molar-refractivity contribution in [2.75, 3.05) is 46.0 Å². The van der Waals surface area contributed by atoms with Crippen LogP contribution in [0.4, 0.5) is 29.2 Å². The van der Waals surface area contributed by atoms with Crippen molar-refractivity contribution in [3.63, 3.8) is 0 Å². The van der Waals surface area contributed by atoms with Crippen LogP contribution in [-0.2, 0) is 10.0 Å². The van der Waals surface area contributed by atoms with E-state index in [0.717, 1.165) is 57.4 Å². The van der Waals surface area contributed by atoms with Gasteiger partial charge in [0.15, 0.2) is 0 Å². The van der Waals surface area contributed by atoms with Crippen molar-refractivity contribution in [3.8, 4) is 0 Å². The zero-order chi connectivity index (χ0) is 25.0. The summed E-state index contributed by atoms with van der Waals surface area (Å²) < 4.78 is 28.8. The van der Waals surface area contributed by atoms with E-state index in [-0.39, 0.29) is 4.90 Å². The molecule has 9 nitrogen and oxygen atoms in total. The second-order valence-electron chi connectivity index (χ2n) is 9.44. The lowest BCUT2D eigenvalue weighted by Gasteiger charge is -2.30. The van der Waals surface area contributed by atoms with E-state index in [1.54, 1.807) is 36.4 Å². The number of nitrogens with one attached hydrogen (secondary N) is 2. The molecule has 1 aromatic heterocycles. The van der Waals surface area contributed by atoms with Crippen LogP contribution in [0.3, 0.4) is 0 Å². The van der Waals surface area contributed by atoms with Gasteiger partial charge in [-0.15, -0.1) is 0 Å². The molecule has 0 aliphatic carbocycles. The molecule has 2 N–H and O–H groups in total. The molecule has 0 atom stereocenters. The number of aryl methyl sites for hydroxylation is 1. The number of aromatic nitrogens is 3. The summed E-state index contributed by atoms with van der Waals surface area (Å²) in [6.45, 7) is 5.63. The van der Waals surface area contributed by atoms with Crippen molar-refractivity contribution in [1.82, 2.24) is 15.0 Å². The first kappa shape index (κ1) is 24.3. The Balaban J connectivity index is 1.45. The summed E-state index contributed by atoms with van der Waals surface area (Å²) in [5, 5.41) is 3.27. The lowest BCUT2D eigenvalue weighted by molar-refractivity contribution is 0.556. The van der Waals surface area contributed by atoms with Gasteiger partial charge in [0.1, 0.15) is 0 Å². The van der Waals surface area contributed by atoms with E-state index < -0.39 is 10.0 Å². The van der Waals surface area contributed by atoms with Crippen molar-refractivity contribution >= 4 is 39.2 Å². The van der Waals surface area contributed by atoms with Crippen LogP contribution >= 0.6 is 0 Å². The zero-order valence-corrected chi connectivity index (χ0v) is 21.5. The van der Waals surface area contributed by atoms with Gasteiger partial charge in [-0.1, -0.05) is 29.8 Å². The summed E-state index contributed by atoms with van der Waals surface area (Å²) in [6.07, 6.45) is 6.93. The third kappa shape index (κ3) is 5.70. The van der Waals surface area contributed by atoms with Gasteiger partial charge in [-0.2, -0.15) is 15.0 Å².